The third kappa shape index (κ3) is 6.43. The van der Waals surface area contributed by atoms with Gasteiger partial charge in [0.1, 0.15) is 5.75 Å². The summed E-state index contributed by atoms with van der Waals surface area (Å²) in [5, 5.41) is 3.15. The molecule has 1 N–H and O–H groups in total. The second-order valence-corrected chi connectivity index (χ2v) is 10.5. The Morgan fingerprint density at radius 1 is 0.868 bits per heavy atom. The number of hydrogen-bond acceptors (Lipinski definition) is 4. The van der Waals surface area contributed by atoms with Crippen molar-refractivity contribution < 1.29 is 14.3 Å². The maximum absolute atomic E-state index is 13.0. The van der Waals surface area contributed by atoms with Gasteiger partial charge in [-0.3, -0.25) is 14.5 Å². The number of benzene rings is 3. The number of hydrogen-bond donors (Lipinski definition) is 1. The molecule has 2 heterocycles. The predicted octanol–water partition coefficient (Wildman–Crippen LogP) is 5.57. The van der Waals surface area contributed by atoms with Gasteiger partial charge in [-0.05, 0) is 85.7 Å². The lowest BCUT2D eigenvalue weighted by Crippen LogP contribution is -2.40. The Morgan fingerprint density at radius 3 is 2.26 bits per heavy atom. The van der Waals surface area contributed by atoms with Crippen molar-refractivity contribution in [3.63, 3.8) is 0 Å². The molecule has 0 bridgehead atoms. The zero-order valence-electron chi connectivity index (χ0n) is 22.1. The van der Waals surface area contributed by atoms with E-state index in [0.29, 0.717) is 11.5 Å². The average Bonchev–Trinajstić information content (AvgIpc) is 2.98. The van der Waals surface area contributed by atoms with Crippen LogP contribution >= 0.6 is 0 Å². The first kappa shape index (κ1) is 26.0. The highest BCUT2D eigenvalue weighted by Gasteiger charge is 2.27. The Kier molecular flexibility index (Phi) is 8.39. The molecule has 0 aromatic heterocycles. The number of nitrogens with one attached hydrogen (secondary N) is 1. The highest BCUT2D eigenvalue weighted by Crippen LogP contribution is 2.30. The van der Waals surface area contributed by atoms with Crippen molar-refractivity contribution in [1.82, 2.24) is 9.80 Å². The molecule has 0 saturated carbocycles. The second-order valence-electron chi connectivity index (χ2n) is 10.5. The molecule has 198 valence electrons. The molecule has 1 atom stereocenters. The van der Waals surface area contributed by atoms with Crippen LogP contribution < -0.4 is 10.1 Å². The van der Waals surface area contributed by atoms with Gasteiger partial charge in [-0.2, -0.15) is 0 Å². The first-order chi connectivity index (χ1) is 18.6. The van der Waals surface area contributed by atoms with E-state index in [9.17, 15) is 9.59 Å². The van der Waals surface area contributed by atoms with E-state index in [4.69, 9.17) is 4.74 Å². The molecule has 0 radical (unpaired) electrons. The fraction of sp³-hybridized carbons (Fsp3) is 0.375. The van der Waals surface area contributed by atoms with Crippen LogP contribution in [-0.4, -0.2) is 54.9 Å². The summed E-state index contributed by atoms with van der Waals surface area (Å²) in [6, 6.07) is 26.1. The second kappa shape index (κ2) is 12.3. The molecule has 3 aromatic rings. The fourth-order valence-electron chi connectivity index (χ4n) is 5.67. The van der Waals surface area contributed by atoms with E-state index in [1.165, 1.54) is 11.1 Å². The van der Waals surface area contributed by atoms with E-state index in [0.717, 1.165) is 69.8 Å². The highest BCUT2D eigenvalue weighted by atomic mass is 16.5. The number of methoxy groups -OCH3 is 1. The Hall–Kier alpha value is -3.64. The standard InChI is InChI=1S/C32H37N3O3/c1-38-30-15-11-27(12-16-30)32(37)35-20-17-26(18-21-35)25-9-13-29(14-10-25)33-31(36)28-8-5-19-34(23-28)22-24-6-3-2-4-7-24/h2-4,6-7,9-16,26,28H,5,8,17-23H2,1H3,(H,33,36). The maximum atomic E-state index is 13.0. The Labute approximate surface area is 225 Å². The summed E-state index contributed by atoms with van der Waals surface area (Å²) >= 11 is 0. The van der Waals surface area contributed by atoms with Gasteiger partial charge >= 0.3 is 0 Å². The molecule has 3 aromatic carbocycles. The summed E-state index contributed by atoms with van der Waals surface area (Å²) in [6.07, 6.45) is 3.85. The van der Waals surface area contributed by atoms with E-state index < -0.39 is 0 Å². The van der Waals surface area contributed by atoms with E-state index in [-0.39, 0.29) is 17.7 Å². The predicted molar refractivity (Wildman–Crippen MR) is 150 cm³/mol. The molecule has 1 unspecified atom stereocenters. The summed E-state index contributed by atoms with van der Waals surface area (Å²) in [6.45, 7) is 4.22. The summed E-state index contributed by atoms with van der Waals surface area (Å²) in [7, 11) is 1.62. The summed E-state index contributed by atoms with van der Waals surface area (Å²) < 4.78 is 5.19. The number of ether oxygens (including phenoxy) is 1. The number of nitrogens with zero attached hydrogens (tertiary/aromatic N) is 2. The van der Waals surface area contributed by atoms with E-state index in [2.05, 4.69) is 46.6 Å². The van der Waals surface area contributed by atoms with E-state index in [1.807, 2.05) is 47.4 Å². The maximum Gasteiger partial charge on any atom is 0.253 e. The van der Waals surface area contributed by atoms with Gasteiger partial charge in [0.05, 0.1) is 13.0 Å². The van der Waals surface area contributed by atoms with Crippen LogP contribution in [0.5, 0.6) is 5.75 Å². The van der Waals surface area contributed by atoms with Crippen LogP contribution in [0.15, 0.2) is 78.9 Å². The monoisotopic (exact) mass is 511 g/mol. The van der Waals surface area contributed by atoms with Crippen LogP contribution in [0.4, 0.5) is 5.69 Å². The molecule has 5 rings (SSSR count). The first-order valence-electron chi connectivity index (χ1n) is 13.7. The van der Waals surface area contributed by atoms with Crippen molar-refractivity contribution in [1.29, 1.82) is 0 Å². The van der Waals surface area contributed by atoms with Crippen molar-refractivity contribution in [2.75, 3.05) is 38.6 Å². The third-order valence-electron chi connectivity index (χ3n) is 7.89. The largest absolute Gasteiger partial charge is 0.497 e. The van der Waals surface area contributed by atoms with E-state index in [1.54, 1.807) is 7.11 Å². The van der Waals surface area contributed by atoms with Crippen molar-refractivity contribution in [3.8, 4) is 5.75 Å². The van der Waals surface area contributed by atoms with Crippen LogP contribution in [-0.2, 0) is 11.3 Å². The van der Waals surface area contributed by atoms with Gasteiger partial charge in [-0.1, -0.05) is 42.5 Å². The van der Waals surface area contributed by atoms with Crippen LogP contribution in [0.25, 0.3) is 0 Å². The minimum atomic E-state index is 0.0136. The Morgan fingerprint density at radius 2 is 1.58 bits per heavy atom. The Bertz CT molecular complexity index is 1200. The summed E-state index contributed by atoms with van der Waals surface area (Å²) in [5.41, 5.74) is 4.11. The minimum absolute atomic E-state index is 0.0136. The van der Waals surface area contributed by atoms with E-state index >= 15 is 0 Å². The minimum Gasteiger partial charge on any atom is -0.497 e. The number of rotatable bonds is 7. The fourth-order valence-corrected chi connectivity index (χ4v) is 5.67. The third-order valence-corrected chi connectivity index (χ3v) is 7.89. The molecule has 2 saturated heterocycles. The quantitative estimate of drug-likeness (QED) is 0.451. The van der Waals surface area contributed by atoms with Crippen LogP contribution in [0, 0.1) is 5.92 Å². The van der Waals surface area contributed by atoms with Gasteiger partial charge in [-0.15, -0.1) is 0 Å². The molecule has 2 aliphatic heterocycles. The molecule has 0 spiro atoms. The highest BCUT2D eigenvalue weighted by molar-refractivity contribution is 5.94. The number of piperidine rings is 2. The zero-order valence-corrected chi connectivity index (χ0v) is 22.1. The van der Waals surface area contributed by atoms with Gasteiger partial charge in [0, 0.05) is 37.4 Å². The molecule has 2 fully saturated rings. The topological polar surface area (TPSA) is 61.9 Å². The van der Waals surface area contributed by atoms with Crippen LogP contribution in [0.2, 0.25) is 0 Å². The van der Waals surface area contributed by atoms with Crippen molar-refractivity contribution in [2.24, 2.45) is 5.92 Å². The summed E-state index contributed by atoms with van der Waals surface area (Å²) in [4.78, 5) is 30.2. The van der Waals surface area contributed by atoms with Crippen molar-refractivity contribution in [2.45, 2.75) is 38.1 Å². The molecule has 0 aliphatic carbocycles. The number of likely N-dealkylation sites (tertiary alicyclic amines) is 2. The lowest BCUT2D eigenvalue weighted by molar-refractivity contribution is -0.121. The molecule has 6 heteroatoms. The first-order valence-corrected chi connectivity index (χ1v) is 13.7. The zero-order chi connectivity index (χ0) is 26.3. The smallest absolute Gasteiger partial charge is 0.253 e. The van der Waals surface area contributed by atoms with Gasteiger partial charge in [-0.25, -0.2) is 0 Å². The van der Waals surface area contributed by atoms with Gasteiger partial charge in [0.2, 0.25) is 5.91 Å². The molecule has 2 aliphatic rings. The van der Waals surface area contributed by atoms with Gasteiger partial charge in [0.25, 0.3) is 5.91 Å². The average molecular weight is 512 g/mol. The number of carbonyl (C=O) groups excluding carboxylic acids is 2. The Balaban J connectivity index is 1.10. The number of carbonyl (C=O) groups is 2. The number of anilines is 1. The van der Waals surface area contributed by atoms with Crippen LogP contribution in [0.3, 0.4) is 0 Å². The number of amides is 2. The van der Waals surface area contributed by atoms with Gasteiger partial charge in [0.15, 0.2) is 0 Å². The molecule has 38 heavy (non-hydrogen) atoms. The van der Waals surface area contributed by atoms with Crippen molar-refractivity contribution in [3.05, 3.63) is 95.6 Å². The molecular weight excluding hydrogens is 474 g/mol. The SMILES string of the molecule is COc1ccc(C(=O)N2CCC(c3ccc(NC(=O)C4CCCN(Cc5ccccc5)C4)cc3)CC2)cc1. The van der Waals surface area contributed by atoms with Gasteiger partial charge < -0.3 is 15.0 Å². The summed E-state index contributed by atoms with van der Waals surface area (Å²) in [5.74, 6) is 1.38. The van der Waals surface area contributed by atoms with Crippen LogP contribution in [0.1, 0.15) is 53.1 Å². The normalized spacial score (nSPS) is 18.7. The van der Waals surface area contributed by atoms with Crippen molar-refractivity contribution >= 4 is 17.5 Å². The lowest BCUT2D eigenvalue weighted by atomic mass is 9.89. The molecule has 2 amide bonds. The molecular formula is C32H37N3O3. The lowest BCUT2D eigenvalue weighted by Gasteiger charge is -2.32. The molecule has 6 nitrogen and oxygen atoms in total.